The molecule has 3 heteroatoms. The lowest BCUT2D eigenvalue weighted by molar-refractivity contribution is -0.119. The average molecular weight is 126 g/mol. The molecule has 0 rings (SSSR count). The van der Waals surface area contributed by atoms with Crippen LogP contribution in [0, 0.1) is 12.3 Å². The highest BCUT2D eigenvalue weighted by atomic mass is 16.1. The molecule has 0 heterocycles. The first-order valence-electron chi connectivity index (χ1n) is 2.62. The van der Waals surface area contributed by atoms with Gasteiger partial charge in [-0.2, -0.15) is 0 Å². The van der Waals surface area contributed by atoms with Crippen LogP contribution in [0.1, 0.15) is 6.42 Å². The lowest BCUT2D eigenvalue weighted by atomic mass is 10.2. The Morgan fingerprint density at radius 3 is 2.67 bits per heavy atom. The minimum absolute atomic E-state index is 0.353. The number of carbonyl (C=O) groups excluding carboxylic acids is 1. The van der Waals surface area contributed by atoms with Gasteiger partial charge in [0.1, 0.15) is 0 Å². The number of terminal acetylenes is 1. The number of amides is 1. The summed E-state index contributed by atoms with van der Waals surface area (Å²) in [5.74, 6) is 1.93. The summed E-state index contributed by atoms with van der Waals surface area (Å²) < 4.78 is 0. The molecule has 0 bridgehead atoms. The van der Waals surface area contributed by atoms with Crippen LogP contribution in [0.15, 0.2) is 0 Å². The van der Waals surface area contributed by atoms with Crippen LogP contribution in [0.4, 0.5) is 0 Å². The molecular weight excluding hydrogens is 116 g/mol. The molecule has 0 aromatic rings. The van der Waals surface area contributed by atoms with Crippen LogP contribution in [-0.4, -0.2) is 19.0 Å². The van der Waals surface area contributed by atoms with E-state index in [2.05, 4.69) is 11.2 Å². The lowest BCUT2D eigenvalue weighted by Gasteiger charge is -2.06. The predicted molar refractivity (Wildman–Crippen MR) is 35.5 cm³/mol. The van der Waals surface area contributed by atoms with E-state index >= 15 is 0 Å². The third kappa shape index (κ3) is 2.73. The minimum Gasteiger partial charge on any atom is -0.368 e. The van der Waals surface area contributed by atoms with Crippen molar-refractivity contribution in [1.82, 2.24) is 5.32 Å². The standard InChI is InChI=1S/C6H10N2O/c1-3-4-5(8-2)6(7)9/h1,5,8H,4H2,2H3,(H2,7,9)/t5-/m0/s1. The van der Waals surface area contributed by atoms with Crippen LogP contribution >= 0.6 is 0 Å². The molecule has 0 aliphatic heterocycles. The number of hydrogen-bond donors (Lipinski definition) is 2. The fourth-order valence-electron chi connectivity index (χ4n) is 0.463. The van der Waals surface area contributed by atoms with E-state index in [9.17, 15) is 4.79 Å². The summed E-state index contributed by atoms with van der Waals surface area (Å²) in [5.41, 5.74) is 4.94. The second-order valence-corrected chi connectivity index (χ2v) is 1.65. The van der Waals surface area contributed by atoms with Gasteiger partial charge in [-0.25, -0.2) is 0 Å². The summed E-state index contributed by atoms with van der Waals surface area (Å²) in [6.45, 7) is 0. The summed E-state index contributed by atoms with van der Waals surface area (Å²) in [4.78, 5) is 10.4. The molecule has 0 unspecified atom stereocenters. The molecular formula is C6H10N2O. The minimum atomic E-state index is -0.407. The number of likely N-dealkylation sites (N-methyl/N-ethyl adjacent to an activating group) is 1. The van der Waals surface area contributed by atoms with E-state index in [0.717, 1.165) is 0 Å². The molecule has 1 atom stereocenters. The van der Waals surface area contributed by atoms with Crippen LogP contribution < -0.4 is 11.1 Å². The lowest BCUT2D eigenvalue weighted by Crippen LogP contribution is -2.38. The van der Waals surface area contributed by atoms with Gasteiger partial charge in [0.15, 0.2) is 0 Å². The van der Waals surface area contributed by atoms with Gasteiger partial charge in [-0.15, -0.1) is 12.3 Å². The van der Waals surface area contributed by atoms with E-state index < -0.39 is 5.91 Å². The summed E-state index contributed by atoms with van der Waals surface area (Å²) >= 11 is 0. The molecule has 3 nitrogen and oxygen atoms in total. The van der Waals surface area contributed by atoms with Gasteiger partial charge in [0, 0.05) is 6.42 Å². The Morgan fingerprint density at radius 1 is 2.00 bits per heavy atom. The van der Waals surface area contributed by atoms with Gasteiger partial charge >= 0.3 is 0 Å². The van der Waals surface area contributed by atoms with Gasteiger partial charge < -0.3 is 11.1 Å². The number of carbonyl (C=O) groups is 1. The van der Waals surface area contributed by atoms with Crippen molar-refractivity contribution in [3.05, 3.63) is 0 Å². The molecule has 0 aromatic carbocycles. The molecule has 0 saturated carbocycles. The first-order valence-corrected chi connectivity index (χ1v) is 2.62. The first-order chi connectivity index (χ1) is 4.22. The van der Waals surface area contributed by atoms with Crippen molar-refractivity contribution in [2.75, 3.05) is 7.05 Å². The molecule has 0 aliphatic carbocycles. The fourth-order valence-corrected chi connectivity index (χ4v) is 0.463. The fraction of sp³-hybridized carbons (Fsp3) is 0.500. The van der Waals surface area contributed by atoms with Crippen LogP contribution in [0.5, 0.6) is 0 Å². The van der Waals surface area contributed by atoms with Crippen molar-refractivity contribution in [1.29, 1.82) is 0 Å². The van der Waals surface area contributed by atoms with E-state index in [1.165, 1.54) is 0 Å². The second kappa shape index (κ2) is 3.93. The molecule has 0 aromatic heterocycles. The summed E-state index contributed by atoms with van der Waals surface area (Å²) in [7, 11) is 1.65. The SMILES string of the molecule is C#CC[C@H](NC)C(N)=O. The molecule has 0 saturated heterocycles. The Morgan fingerprint density at radius 2 is 2.56 bits per heavy atom. The van der Waals surface area contributed by atoms with E-state index in [1.54, 1.807) is 7.05 Å². The zero-order chi connectivity index (χ0) is 7.28. The van der Waals surface area contributed by atoms with Gasteiger partial charge in [0.2, 0.25) is 5.91 Å². The van der Waals surface area contributed by atoms with Crippen molar-refractivity contribution in [3.8, 4) is 12.3 Å². The van der Waals surface area contributed by atoms with E-state index in [-0.39, 0.29) is 6.04 Å². The Labute approximate surface area is 54.6 Å². The first kappa shape index (κ1) is 7.99. The smallest absolute Gasteiger partial charge is 0.235 e. The average Bonchev–Trinajstić information content (AvgIpc) is 1.82. The molecule has 0 aliphatic rings. The Balaban J connectivity index is 3.71. The maximum atomic E-state index is 10.4. The highest BCUT2D eigenvalue weighted by Gasteiger charge is 2.08. The zero-order valence-electron chi connectivity index (χ0n) is 5.35. The summed E-state index contributed by atoms with van der Waals surface area (Å²) in [5, 5.41) is 2.69. The van der Waals surface area contributed by atoms with E-state index in [4.69, 9.17) is 12.2 Å². The van der Waals surface area contributed by atoms with Crippen LogP contribution in [0.3, 0.4) is 0 Å². The quantitative estimate of drug-likeness (QED) is 0.481. The van der Waals surface area contributed by atoms with Gasteiger partial charge in [0.05, 0.1) is 6.04 Å². The molecule has 9 heavy (non-hydrogen) atoms. The van der Waals surface area contributed by atoms with Crippen molar-refractivity contribution in [3.63, 3.8) is 0 Å². The second-order valence-electron chi connectivity index (χ2n) is 1.65. The maximum Gasteiger partial charge on any atom is 0.235 e. The number of nitrogens with one attached hydrogen (secondary N) is 1. The molecule has 0 spiro atoms. The van der Waals surface area contributed by atoms with Gasteiger partial charge in [0.25, 0.3) is 0 Å². The molecule has 0 radical (unpaired) electrons. The number of primary amides is 1. The number of rotatable bonds is 3. The van der Waals surface area contributed by atoms with Crippen molar-refractivity contribution >= 4 is 5.91 Å². The monoisotopic (exact) mass is 126 g/mol. The molecule has 3 N–H and O–H groups in total. The topological polar surface area (TPSA) is 55.1 Å². The van der Waals surface area contributed by atoms with Crippen LogP contribution in [-0.2, 0) is 4.79 Å². The summed E-state index contributed by atoms with van der Waals surface area (Å²) in [6, 6.07) is -0.380. The Bertz CT molecular complexity index is 136. The van der Waals surface area contributed by atoms with Gasteiger partial charge in [-0.1, -0.05) is 0 Å². The van der Waals surface area contributed by atoms with Gasteiger partial charge in [-0.05, 0) is 7.05 Å². The van der Waals surface area contributed by atoms with Crippen LogP contribution in [0.2, 0.25) is 0 Å². The van der Waals surface area contributed by atoms with E-state index in [1.807, 2.05) is 0 Å². The highest BCUT2D eigenvalue weighted by Crippen LogP contribution is 1.85. The highest BCUT2D eigenvalue weighted by molar-refractivity contribution is 5.80. The molecule has 50 valence electrons. The van der Waals surface area contributed by atoms with Crippen molar-refractivity contribution in [2.24, 2.45) is 5.73 Å². The zero-order valence-corrected chi connectivity index (χ0v) is 5.35. The number of nitrogens with two attached hydrogens (primary N) is 1. The third-order valence-electron chi connectivity index (χ3n) is 1.01. The Kier molecular flexibility index (Phi) is 3.49. The van der Waals surface area contributed by atoms with Gasteiger partial charge in [-0.3, -0.25) is 4.79 Å². The maximum absolute atomic E-state index is 10.4. The third-order valence-corrected chi connectivity index (χ3v) is 1.01. The normalized spacial score (nSPS) is 12.0. The molecule has 0 fully saturated rings. The molecule has 1 amide bonds. The number of hydrogen-bond acceptors (Lipinski definition) is 2. The summed E-state index contributed by atoms with van der Waals surface area (Å²) in [6.07, 6.45) is 5.30. The van der Waals surface area contributed by atoms with Crippen molar-refractivity contribution in [2.45, 2.75) is 12.5 Å². The van der Waals surface area contributed by atoms with Crippen LogP contribution in [0.25, 0.3) is 0 Å². The van der Waals surface area contributed by atoms with E-state index in [0.29, 0.717) is 6.42 Å². The predicted octanol–water partition coefficient (Wildman–Crippen LogP) is -0.917. The Hall–Kier alpha value is -1.01. The van der Waals surface area contributed by atoms with Crippen molar-refractivity contribution < 1.29 is 4.79 Å². The largest absolute Gasteiger partial charge is 0.368 e.